The predicted octanol–water partition coefficient (Wildman–Crippen LogP) is 6.17. The Bertz CT molecular complexity index is 2290. The number of aromatic nitrogens is 6. The van der Waals surface area contributed by atoms with Crippen molar-refractivity contribution in [1.29, 1.82) is 0 Å². The van der Waals surface area contributed by atoms with Crippen molar-refractivity contribution < 1.29 is 28.7 Å². The smallest absolute Gasteiger partial charge is 0.407 e. The number of methoxy groups -OCH3 is 2. The minimum absolute atomic E-state index is 0.114. The van der Waals surface area contributed by atoms with Crippen LogP contribution in [-0.4, -0.2) is 103 Å². The maximum absolute atomic E-state index is 13.6. The van der Waals surface area contributed by atoms with E-state index >= 15 is 0 Å². The summed E-state index contributed by atoms with van der Waals surface area (Å²) in [6.07, 6.45) is 5.49. The molecule has 5 heterocycles. The first-order chi connectivity index (χ1) is 27.9. The number of amides is 4. The van der Waals surface area contributed by atoms with E-state index in [4.69, 9.17) is 9.47 Å². The number of ether oxygens (including phenoxy) is 2. The Balaban J connectivity index is 1.02. The van der Waals surface area contributed by atoms with Crippen molar-refractivity contribution in [3.8, 4) is 33.8 Å². The molecular weight excluding hydrogens is 741 g/mol. The lowest BCUT2D eigenvalue weighted by Crippen LogP contribution is -2.51. The van der Waals surface area contributed by atoms with E-state index in [2.05, 4.69) is 40.8 Å². The summed E-state index contributed by atoms with van der Waals surface area (Å²) in [5.74, 6) is 0.860. The molecule has 4 amide bonds. The molecule has 0 radical (unpaired) electrons. The molecule has 16 heteroatoms. The quantitative estimate of drug-likeness (QED) is 0.120. The molecule has 16 nitrogen and oxygen atoms in total. The van der Waals surface area contributed by atoms with Gasteiger partial charge in [-0.05, 0) is 55.2 Å². The first kappa shape index (κ1) is 39.9. The molecule has 4 unspecified atom stereocenters. The normalized spacial score (nSPS) is 17.8. The summed E-state index contributed by atoms with van der Waals surface area (Å²) in [6.45, 7) is 8.74. The van der Waals surface area contributed by atoms with Gasteiger partial charge in [-0.2, -0.15) is 0 Å². The number of H-pyrrole nitrogens is 2. The van der Waals surface area contributed by atoms with Gasteiger partial charge in [-0.25, -0.2) is 19.6 Å². The van der Waals surface area contributed by atoms with Crippen LogP contribution >= 0.6 is 0 Å². The largest absolute Gasteiger partial charge is 0.453 e. The second-order valence-electron chi connectivity index (χ2n) is 15.5. The van der Waals surface area contributed by atoms with Crippen LogP contribution in [0.5, 0.6) is 0 Å². The maximum Gasteiger partial charge on any atom is 0.407 e. The van der Waals surface area contributed by atoms with Crippen LogP contribution in [0.1, 0.15) is 77.1 Å². The highest BCUT2D eigenvalue weighted by Gasteiger charge is 2.39. The summed E-state index contributed by atoms with van der Waals surface area (Å²) in [6, 6.07) is 14.1. The standard InChI is InChI=1S/C42H50N10O6/c1-23(2)35(47-41(55)57-5)39(53)51-17-7-9-33(51)37-43-21-31(45-37)26-13-11-25(12-14-26)29-19-27-15-16-28(20-30(27)50-49-29)32-22-44-38(46-32)34-10-8-18-52(34)40(54)36(24(3)4)48-42(56)58-6/h11-16,19-24,33-36H,7-10,17-18H2,1-6H3,(H,43,45)(H,44,46)(H,47,55)(H,48,56). The highest BCUT2D eigenvalue weighted by Crippen LogP contribution is 2.35. The topological polar surface area (TPSA) is 200 Å². The highest BCUT2D eigenvalue weighted by molar-refractivity contribution is 5.88. The van der Waals surface area contributed by atoms with Crippen LogP contribution in [0.15, 0.2) is 60.9 Å². The molecule has 4 N–H and O–H groups in total. The fourth-order valence-corrected chi connectivity index (χ4v) is 7.86. The summed E-state index contributed by atoms with van der Waals surface area (Å²) < 4.78 is 9.51. The number of fused-ring (bicyclic) bond motifs is 1. The predicted molar refractivity (Wildman–Crippen MR) is 216 cm³/mol. The van der Waals surface area contributed by atoms with Crippen molar-refractivity contribution in [3.05, 3.63) is 72.6 Å². The van der Waals surface area contributed by atoms with Crippen molar-refractivity contribution in [3.63, 3.8) is 0 Å². The Morgan fingerprint density at radius 3 is 1.66 bits per heavy atom. The van der Waals surface area contributed by atoms with E-state index in [1.54, 1.807) is 22.2 Å². The van der Waals surface area contributed by atoms with Crippen LogP contribution in [-0.2, 0) is 19.1 Å². The fourth-order valence-electron chi connectivity index (χ4n) is 7.86. The second-order valence-corrected chi connectivity index (χ2v) is 15.5. The molecular formula is C42H50N10O6. The average Bonchev–Trinajstić information content (AvgIpc) is 4.07. The molecule has 58 heavy (non-hydrogen) atoms. The Morgan fingerprint density at radius 2 is 1.16 bits per heavy atom. The van der Waals surface area contributed by atoms with Gasteiger partial charge >= 0.3 is 12.2 Å². The van der Waals surface area contributed by atoms with Crippen molar-refractivity contribution in [2.75, 3.05) is 27.3 Å². The molecule has 2 aliphatic heterocycles. The fraction of sp³-hybridized carbons (Fsp3) is 0.429. The summed E-state index contributed by atoms with van der Waals surface area (Å²) in [5.41, 5.74) is 5.82. The first-order valence-electron chi connectivity index (χ1n) is 19.7. The van der Waals surface area contributed by atoms with E-state index in [1.807, 2.05) is 76.2 Å². The van der Waals surface area contributed by atoms with Gasteiger partial charge in [0.25, 0.3) is 0 Å². The van der Waals surface area contributed by atoms with Gasteiger partial charge < -0.3 is 39.9 Å². The van der Waals surface area contributed by atoms with Crippen LogP contribution in [0.3, 0.4) is 0 Å². The van der Waals surface area contributed by atoms with Crippen molar-refractivity contribution in [2.45, 2.75) is 77.5 Å². The number of imidazole rings is 2. The molecule has 304 valence electrons. The highest BCUT2D eigenvalue weighted by atomic mass is 16.5. The van der Waals surface area contributed by atoms with Gasteiger partial charge in [-0.3, -0.25) is 9.59 Å². The van der Waals surface area contributed by atoms with E-state index in [9.17, 15) is 19.2 Å². The molecule has 5 aromatic rings. The zero-order chi connectivity index (χ0) is 41.1. The SMILES string of the molecule is COC(=O)NC(C(=O)N1CCCC1c1ncc(-c2ccc(-c3cc4ccc(-c5cnc(C6CCCN6C(=O)C(NC(=O)OC)C(C)C)[nH]5)cc4nn3)cc2)[nH]1)C(C)C. The van der Waals surface area contributed by atoms with E-state index in [0.29, 0.717) is 24.7 Å². The number of benzene rings is 2. The number of alkyl carbamates (subject to hydrolysis) is 2. The average molecular weight is 791 g/mol. The van der Waals surface area contributed by atoms with Gasteiger partial charge in [0.15, 0.2) is 0 Å². The van der Waals surface area contributed by atoms with Gasteiger partial charge in [-0.1, -0.05) is 64.1 Å². The van der Waals surface area contributed by atoms with Gasteiger partial charge in [-0.15, -0.1) is 10.2 Å². The number of nitrogens with zero attached hydrogens (tertiary/aromatic N) is 6. The lowest BCUT2D eigenvalue weighted by molar-refractivity contribution is -0.136. The second kappa shape index (κ2) is 17.0. The van der Waals surface area contributed by atoms with Crippen molar-refractivity contribution in [1.82, 2.24) is 50.6 Å². The Kier molecular flexibility index (Phi) is 11.7. The number of rotatable bonds is 11. The van der Waals surface area contributed by atoms with Gasteiger partial charge in [0.1, 0.15) is 23.7 Å². The van der Waals surface area contributed by atoms with Gasteiger partial charge in [0, 0.05) is 29.6 Å². The molecule has 2 aromatic carbocycles. The molecule has 0 bridgehead atoms. The number of carbonyl (C=O) groups excluding carboxylic acids is 4. The van der Waals surface area contributed by atoms with Gasteiger partial charge in [0.05, 0.1) is 61.3 Å². The summed E-state index contributed by atoms with van der Waals surface area (Å²) in [4.78, 5) is 70.8. The zero-order valence-electron chi connectivity index (χ0n) is 33.6. The molecule has 0 spiro atoms. The third-order valence-corrected chi connectivity index (χ3v) is 11.1. The summed E-state index contributed by atoms with van der Waals surface area (Å²) in [7, 11) is 2.57. The Morgan fingerprint density at radius 1 is 0.672 bits per heavy atom. The number of carbonyl (C=O) groups is 4. The number of hydrogen-bond acceptors (Lipinski definition) is 10. The third-order valence-electron chi connectivity index (χ3n) is 11.1. The lowest BCUT2D eigenvalue weighted by Gasteiger charge is -2.30. The number of hydrogen-bond donors (Lipinski definition) is 4. The monoisotopic (exact) mass is 790 g/mol. The molecule has 0 aliphatic carbocycles. The van der Waals surface area contributed by atoms with E-state index in [-0.39, 0.29) is 35.7 Å². The molecule has 2 fully saturated rings. The maximum atomic E-state index is 13.6. The number of aromatic amines is 2. The van der Waals surface area contributed by atoms with E-state index in [1.165, 1.54) is 14.2 Å². The zero-order valence-corrected chi connectivity index (χ0v) is 33.6. The summed E-state index contributed by atoms with van der Waals surface area (Å²) in [5, 5.41) is 15.4. The van der Waals surface area contributed by atoms with Crippen LogP contribution in [0.25, 0.3) is 44.7 Å². The molecule has 2 aliphatic rings. The van der Waals surface area contributed by atoms with Crippen molar-refractivity contribution in [2.24, 2.45) is 11.8 Å². The van der Waals surface area contributed by atoms with Gasteiger partial charge in [0.2, 0.25) is 11.8 Å². The summed E-state index contributed by atoms with van der Waals surface area (Å²) >= 11 is 0. The minimum Gasteiger partial charge on any atom is -0.453 e. The van der Waals surface area contributed by atoms with Crippen molar-refractivity contribution >= 4 is 34.9 Å². The molecule has 3 aromatic heterocycles. The third kappa shape index (κ3) is 8.22. The van der Waals surface area contributed by atoms with Crippen LogP contribution in [0.2, 0.25) is 0 Å². The first-order valence-corrected chi connectivity index (χ1v) is 19.7. The van der Waals surface area contributed by atoms with E-state index in [0.717, 1.165) is 70.4 Å². The van der Waals surface area contributed by atoms with Crippen LogP contribution in [0, 0.1) is 11.8 Å². The Labute approximate surface area is 336 Å². The number of nitrogens with one attached hydrogen (secondary N) is 4. The lowest BCUT2D eigenvalue weighted by atomic mass is 10.0. The Hall–Kier alpha value is -6.32. The van der Waals surface area contributed by atoms with E-state index < -0.39 is 24.3 Å². The molecule has 2 saturated heterocycles. The van der Waals surface area contributed by atoms with Crippen LogP contribution in [0.4, 0.5) is 9.59 Å². The molecule has 0 saturated carbocycles. The van der Waals surface area contributed by atoms with Crippen LogP contribution < -0.4 is 10.6 Å². The minimum atomic E-state index is -0.703. The number of likely N-dealkylation sites (tertiary alicyclic amines) is 2. The molecule has 7 rings (SSSR count). The molecule has 4 atom stereocenters.